The first-order valence-electron chi connectivity index (χ1n) is 8.09. The molecule has 1 aromatic carbocycles. The molecule has 25 heavy (non-hydrogen) atoms. The molecule has 0 saturated carbocycles. The van der Waals surface area contributed by atoms with Crippen LogP contribution in [0.2, 0.25) is 0 Å². The molecule has 3 aliphatic carbocycles. The van der Waals surface area contributed by atoms with Crippen molar-refractivity contribution in [1.82, 2.24) is 0 Å². The second kappa shape index (κ2) is 6.11. The van der Waals surface area contributed by atoms with E-state index in [-0.39, 0.29) is 19.0 Å². The van der Waals surface area contributed by atoms with Gasteiger partial charge in [-0.2, -0.15) is 0 Å². The number of rotatable bonds is 7. The number of benzene rings is 1. The van der Waals surface area contributed by atoms with Gasteiger partial charge in [0.25, 0.3) is 0 Å². The van der Waals surface area contributed by atoms with E-state index in [0.717, 1.165) is 16.7 Å². The Balaban J connectivity index is 1.64. The van der Waals surface area contributed by atoms with Gasteiger partial charge in [-0.15, -0.1) is 0 Å². The zero-order valence-electron chi connectivity index (χ0n) is 13.8. The first kappa shape index (κ1) is 16.5. The molecule has 1 heterocycles. The maximum absolute atomic E-state index is 12.4. The zero-order valence-corrected chi connectivity index (χ0v) is 14.7. The topological polar surface area (TPSA) is 80.3 Å². The van der Waals surface area contributed by atoms with Crippen LogP contribution in [0.25, 0.3) is 5.57 Å². The van der Waals surface area contributed by atoms with E-state index in [1.165, 1.54) is 0 Å². The average molecular weight is 364 g/mol. The highest BCUT2D eigenvalue weighted by Gasteiger charge is 2.46. The maximum atomic E-state index is 12.4. The van der Waals surface area contributed by atoms with E-state index in [1.54, 1.807) is 32.0 Å². The van der Waals surface area contributed by atoms with Crippen molar-refractivity contribution in [1.29, 1.82) is 0 Å². The summed E-state index contributed by atoms with van der Waals surface area (Å²) in [5.41, 5.74) is 3.27. The molecule has 0 aromatic heterocycles. The number of carbonyl (C=O) groups excluding carboxylic acids is 1. The highest BCUT2D eigenvalue weighted by atomic mass is 31.2. The smallest absolute Gasteiger partial charge is 0.477 e. The van der Waals surface area contributed by atoms with Crippen molar-refractivity contribution in [2.24, 2.45) is 0 Å². The van der Waals surface area contributed by atoms with E-state index < -0.39 is 13.9 Å². The highest BCUT2D eigenvalue weighted by molar-refractivity contribution is 7.48. The molecule has 0 spiro atoms. The van der Waals surface area contributed by atoms with Crippen LogP contribution >= 0.6 is 7.82 Å². The van der Waals surface area contributed by atoms with Gasteiger partial charge in [0.2, 0.25) is 5.78 Å². The van der Waals surface area contributed by atoms with Crippen LogP contribution in [-0.2, 0) is 23.1 Å². The van der Waals surface area contributed by atoms with Gasteiger partial charge in [0.05, 0.1) is 18.8 Å². The third-order valence-electron chi connectivity index (χ3n) is 4.19. The van der Waals surface area contributed by atoms with Crippen molar-refractivity contribution >= 4 is 19.2 Å². The Morgan fingerprint density at radius 2 is 1.96 bits per heavy atom. The van der Waals surface area contributed by atoms with Gasteiger partial charge in [-0.3, -0.25) is 13.8 Å². The standard InChI is InChI=1S/C17H17O7P/c1-3-20-25(19,21-4-2)24-23-13-7-5-6-12-15(13)14-10-8-11(9-10)16(18)17(14)22-12/h5-8,17H,3-4,9H2,1-2H3. The lowest BCUT2D eigenvalue weighted by Crippen LogP contribution is -2.34. The van der Waals surface area contributed by atoms with Crippen molar-refractivity contribution in [3.63, 3.8) is 0 Å². The maximum Gasteiger partial charge on any atom is 0.510 e. The molecule has 0 fully saturated rings. The predicted molar refractivity (Wildman–Crippen MR) is 88.1 cm³/mol. The molecule has 0 N–H and O–H groups in total. The normalized spacial score (nSPS) is 20.5. The third kappa shape index (κ3) is 2.64. The van der Waals surface area contributed by atoms with Gasteiger partial charge in [0.1, 0.15) is 5.75 Å². The van der Waals surface area contributed by atoms with Crippen molar-refractivity contribution in [2.75, 3.05) is 13.2 Å². The summed E-state index contributed by atoms with van der Waals surface area (Å²) < 4.78 is 33.3. The second-order valence-electron chi connectivity index (χ2n) is 5.72. The molecule has 1 unspecified atom stereocenters. The fourth-order valence-corrected chi connectivity index (χ4v) is 4.11. The lowest BCUT2D eigenvalue weighted by Gasteiger charge is -2.29. The second-order valence-corrected chi connectivity index (χ2v) is 7.28. The zero-order chi connectivity index (χ0) is 17.6. The van der Waals surface area contributed by atoms with Crippen molar-refractivity contribution in [3.05, 3.63) is 41.0 Å². The van der Waals surface area contributed by atoms with Crippen molar-refractivity contribution < 1.29 is 32.7 Å². The molecule has 2 bridgehead atoms. The first-order chi connectivity index (χ1) is 12.1. The number of allylic oxidation sites excluding steroid dienone is 2. The van der Waals surface area contributed by atoms with Crippen LogP contribution in [0.15, 0.2) is 35.4 Å². The monoisotopic (exact) mass is 364 g/mol. The average Bonchev–Trinajstić information content (AvgIpc) is 2.93. The number of carbonyl (C=O) groups is 1. The summed E-state index contributed by atoms with van der Waals surface area (Å²) in [6.07, 6.45) is 1.88. The van der Waals surface area contributed by atoms with Gasteiger partial charge in [0.15, 0.2) is 11.9 Å². The van der Waals surface area contributed by atoms with Crippen LogP contribution in [0.4, 0.5) is 0 Å². The number of fused-ring (bicyclic) bond motifs is 1. The minimum atomic E-state index is -3.82. The van der Waals surface area contributed by atoms with Gasteiger partial charge >= 0.3 is 7.82 Å². The van der Waals surface area contributed by atoms with Gasteiger partial charge in [-0.25, -0.2) is 4.57 Å². The Bertz CT molecular complexity index is 845. The lowest BCUT2D eigenvalue weighted by molar-refractivity contribution is -0.131. The van der Waals surface area contributed by atoms with E-state index in [4.69, 9.17) is 23.3 Å². The summed E-state index contributed by atoms with van der Waals surface area (Å²) in [4.78, 5) is 17.6. The molecule has 5 rings (SSSR count). The summed E-state index contributed by atoms with van der Waals surface area (Å²) in [5, 5.41) is 0. The molecule has 4 aliphatic rings. The van der Waals surface area contributed by atoms with E-state index in [0.29, 0.717) is 23.5 Å². The largest absolute Gasteiger partial charge is 0.510 e. The van der Waals surface area contributed by atoms with Crippen molar-refractivity contribution in [2.45, 2.75) is 26.4 Å². The number of phosphoric ester groups is 1. The Morgan fingerprint density at radius 3 is 2.64 bits per heavy atom. The van der Waals surface area contributed by atoms with E-state index in [1.807, 2.05) is 6.08 Å². The minimum Gasteiger partial charge on any atom is -0.477 e. The number of hydrogen-bond donors (Lipinski definition) is 0. The van der Waals surface area contributed by atoms with Gasteiger partial charge < -0.3 is 9.62 Å². The van der Waals surface area contributed by atoms with Crippen LogP contribution in [0, 0.1) is 0 Å². The van der Waals surface area contributed by atoms with Gasteiger partial charge in [0, 0.05) is 17.6 Å². The lowest BCUT2D eigenvalue weighted by atomic mass is 9.74. The Kier molecular flexibility index (Phi) is 4.04. The Morgan fingerprint density at radius 1 is 1.24 bits per heavy atom. The molecule has 1 aromatic rings. The summed E-state index contributed by atoms with van der Waals surface area (Å²) in [7, 11) is -3.82. The van der Waals surface area contributed by atoms with Crippen LogP contribution in [0.3, 0.4) is 0 Å². The van der Waals surface area contributed by atoms with E-state index in [9.17, 15) is 9.36 Å². The summed E-state index contributed by atoms with van der Waals surface area (Å²) in [5.74, 6) is 0.812. The van der Waals surface area contributed by atoms with Gasteiger partial charge in [-0.05, 0) is 31.6 Å². The fraction of sp³-hybridized carbons (Fsp3) is 0.353. The van der Waals surface area contributed by atoms with Crippen LogP contribution < -0.4 is 9.62 Å². The molecule has 132 valence electrons. The number of ketones is 1. The van der Waals surface area contributed by atoms with Crippen LogP contribution in [0.5, 0.6) is 11.5 Å². The quantitative estimate of drug-likeness (QED) is 0.415. The summed E-state index contributed by atoms with van der Waals surface area (Å²) >= 11 is 0. The Hall–Kier alpha value is -1.92. The Labute approximate surface area is 144 Å². The summed E-state index contributed by atoms with van der Waals surface area (Å²) in [6, 6.07) is 5.12. The molecule has 0 saturated heterocycles. The minimum absolute atomic E-state index is 0.0256. The van der Waals surface area contributed by atoms with Crippen LogP contribution in [0.1, 0.15) is 25.8 Å². The molecule has 8 heteroatoms. The number of ether oxygens (including phenoxy) is 1. The molecule has 7 nitrogen and oxygen atoms in total. The van der Waals surface area contributed by atoms with E-state index in [2.05, 4.69) is 0 Å². The van der Waals surface area contributed by atoms with Gasteiger partial charge in [-0.1, -0.05) is 16.8 Å². The number of hydrogen-bond acceptors (Lipinski definition) is 7. The fourth-order valence-electron chi connectivity index (χ4n) is 3.14. The predicted octanol–water partition coefficient (Wildman–Crippen LogP) is 3.61. The number of Topliss-reactive ketones (excluding diaryl/α,β-unsaturated/α-hetero) is 1. The van der Waals surface area contributed by atoms with Crippen LogP contribution in [-0.4, -0.2) is 25.1 Å². The van der Waals surface area contributed by atoms with Crippen molar-refractivity contribution in [3.8, 4) is 11.5 Å². The van der Waals surface area contributed by atoms with E-state index >= 15 is 0 Å². The molecule has 1 aliphatic heterocycles. The molecule has 1 atom stereocenters. The molecular weight excluding hydrogens is 347 g/mol. The highest BCUT2D eigenvalue weighted by Crippen LogP contribution is 2.54. The first-order valence-corrected chi connectivity index (χ1v) is 9.55. The summed E-state index contributed by atoms with van der Waals surface area (Å²) in [6.45, 7) is 3.65. The number of phosphoric acid groups is 1. The molecular formula is C17H17O7P. The third-order valence-corrected chi connectivity index (χ3v) is 5.59. The molecule has 0 radical (unpaired) electrons. The molecule has 0 amide bonds. The SMILES string of the molecule is CCOP(=O)(OCC)OOc1cccc2c1C1=C3C=C(C3)C(=O)C1O2.